The normalized spacial score (nSPS) is 11.5. The molecule has 1 aromatic carbocycles. The van der Waals surface area contributed by atoms with E-state index in [2.05, 4.69) is 5.10 Å². The maximum atomic E-state index is 5.84. The molecule has 0 radical (unpaired) electrons. The molecule has 6 heteroatoms. The number of nitrogens with zero attached hydrogens (tertiary/aromatic N) is 2. The summed E-state index contributed by atoms with van der Waals surface area (Å²) in [5.74, 6) is 11.9. The highest BCUT2D eigenvalue weighted by molar-refractivity contribution is 8.14. The summed E-state index contributed by atoms with van der Waals surface area (Å²) in [6.45, 7) is 2.01. The molecule has 0 bridgehead atoms. The lowest BCUT2D eigenvalue weighted by molar-refractivity contribution is 1.11. The van der Waals surface area contributed by atoms with Crippen LogP contribution in [0.2, 0.25) is 5.02 Å². The molecule has 0 saturated heterocycles. The van der Waals surface area contributed by atoms with E-state index in [4.69, 9.17) is 23.3 Å². The summed E-state index contributed by atoms with van der Waals surface area (Å²) in [6, 6.07) is 7.15. The van der Waals surface area contributed by atoms with Crippen LogP contribution in [-0.4, -0.2) is 10.9 Å². The van der Waals surface area contributed by atoms with Crippen molar-refractivity contribution < 1.29 is 0 Å². The van der Waals surface area contributed by atoms with E-state index in [-0.39, 0.29) is 0 Å². The second-order valence-corrected chi connectivity index (χ2v) is 4.36. The van der Waals surface area contributed by atoms with Crippen molar-refractivity contribution in [3.63, 3.8) is 0 Å². The Morgan fingerprint density at radius 3 is 2.53 bits per heavy atom. The first-order valence-corrected chi connectivity index (χ1v) is 5.76. The zero-order chi connectivity index (χ0) is 11.3. The average molecular weight is 245 g/mol. The first kappa shape index (κ1) is 12.2. The fourth-order valence-electron chi connectivity index (χ4n) is 1.01. The largest absolute Gasteiger partial charge is 0.321 e. The number of hydrogen-bond acceptors (Lipinski definition) is 4. The molecule has 0 amide bonds. The summed E-state index contributed by atoms with van der Waals surface area (Å²) < 4.78 is 0. The van der Waals surface area contributed by atoms with Gasteiger partial charge in [0.1, 0.15) is 0 Å². The molecule has 1 rings (SSSR count). The molecule has 4 N–H and O–H groups in total. The molecule has 0 unspecified atom stereocenters. The van der Waals surface area contributed by atoms with Gasteiger partial charge in [-0.2, -0.15) is 5.10 Å². The minimum absolute atomic E-state index is 0.569. The highest BCUT2D eigenvalue weighted by atomic mass is 35.5. The van der Waals surface area contributed by atoms with Gasteiger partial charge in [-0.15, -0.1) is 0 Å². The summed E-state index contributed by atoms with van der Waals surface area (Å²) in [7, 11) is 0. The Labute approximate surface area is 98.2 Å². The van der Waals surface area contributed by atoms with E-state index in [1.54, 1.807) is 12.1 Å². The van der Waals surface area contributed by atoms with Crippen LogP contribution in [0.25, 0.3) is 0 Å². The lowest BCUT2D eigenvalue weighted by Gasteiger charge is -2.18. The van der Waals surface area contributed by atoms with Crippen molar-refractivity contribution in [1.29, 1.82) is 0 Å². The molecule has 0 aromatic heterocycles. The SMILES string of the molecule is CCS/C(=N/N)N(N)c1ccc(Cl)cc1. The fraction of sp³-hybridized carbons (Fsp3) is 0.222. The minimum atomic E-state index is 0.569. The average Bonchev–Trinajstić information content (AvgIpc) is 2.26. The number of hydrazone groups is 1. The van der Waals surface area contributed by atoms with Crippen LogP contribution in [0, 0.1) is 0 Å². The number of rotatable bonds is 2. The van der Waals surface area contributed by atoms with Gasteiger partial charge < -0.3 is 5.84 Å². The van der Waals surface area contributed by atoms with Crippen molar-refractivity contribution in [2.24, 2.45) is 16.8 Å². The highest BCUT2D eigenvalue weighted by Crippen LogP contribution is 2.18. The van der Waals surface area contributed by atoms with Crippen molar-refractivity contribution in [1.82, 2.24) is 0 Å². The Bertz CT molecular complexity index is 338. The van der Waals surface area contributed by atoms with E-state index in [1.165, 1.54) is 16.8 Å². The van der Waals surface area contributed by atoms with Crippen molar-refractivity contribution in [3.05, 3.63) is 29.3 Å². The van der Waals surface area contributed by atoms with Crippen molar-refractivity contribution in [3.8, 4) is 0 Å². The van der Waals surface area contributed by atoms with Crippen LogP contribution in [0.3, 0.4) is 0 Å². The van der Waals surface area contributed by atoms with Gasteiger partial charge in [0.05, 0.1) is 5.69 Å². The smallest absolute Gasteiger partial charge is 0.201 e. The summed E-state index contributed by atoms with van der Waals surface area (Å²) in [5, 5.41) is 6.30. The third-order valence-electron chi connectivity index (χ3n) is 1.69. The second-order valence-electron chi connectivity index (χ2n) is 2.69. The number of halogens is 1. The molecule has 0 aliphatic heterocycles. The Hall–Kier alpha value is -0.910. The predicted octanol–water partition coefficient (Wildman–Crippen LogP) is 2.00. The second kappa shape index (κ2) is 5.85. The highest BCUT2D eigenvalue weighted by Gasteiger charge is 2.08. The van der Waals surface area contributed by atoms with Gasteiger partial charge in [0.15, 0.2) is 0 Å². The fourth-order valence-corrected chi connectivity index (χ4v) is 1.71. The van der Waals surface area contributed by atoms with Crippen LogP contribution in [0.15, 0.2) is 29.4 Å². The van der Waals surface area contributed by atoms with Crippen LogP contribution in [0.4, 0.5) is 5.69 Å². The molecule has 0 heterocycles. The third-order valence-corrected chi connectivity index (χ3v) is 2.80. The zero-order valence-corrected chi connectivity index (χ0v) is 9.92. The quantitative estimate of drug-likeness (QED) is 0.361. The van der Waals surface area contributed by atoms with Crippen molar-refractivity contribution >= 4 is 34.2 Å². The predicted molar refractivity (Wildman–Crippen MR) is 67.9 cm³/mol. The molecule has 15 heavy (non-hydrogen) atoms. The van der Waals surface area contributed by atoms with Crippen LogP contribution in [-0.2, 0) is 0 Å². The lowest BCUT2D eigenvalue weighted by atomic mass is 10.3. The topological polar surface area (TPSA) is 67.6 Å². The van der Waals surface area contributed by atoms with Gasteiger partial charge in [-0.25, -0.2) is 5.84 Å². The van der Waals surface area contributed by atoms with Gasteiger partial charge in [0.25, 0.3) is 0 Å². The molecule has 82 valence electrons. The molecule has 0 spiro atoms. The number of amidine groups is 1. The molecule has 0 aliphatic carbocycles. The molecule has 1 aromatic rings. The summed E-state index contributed by atoms with van der Waals surface area (Å²) in [4.78, 5) is 0. The van der Waals surface area contributed by atoms with Crippen LogP contribution < -0.4 is 16.7 Å². The molecular formula is C9H13ClN4S. The number of benzene rings is 1. The molecular weight excluding hydrogens is 232 g/mol. The third kappa shape index (κ3) is 3.30. The van der Waals surface area contributed by atoms with Crippen LogP contribution in [0.1, 0.15) is 6.92 Å². The van der Waals surface area contributed by atoms with Gasteiger partial charge in [-0.05, 0) is 30.0 Å². The number of nitrogens with two attached hydrogens (primary N) is 2. The zero-order valence-electron chi connectivity index (χ0n) is 8.35. The Kier molecular flexibility index (Phi) is 4.74. The molecule has 0 fully saturated rings. The molecule has 4 nitrogen and oxygen atoms in total. The Balaban J connectivity index is 2.83. The molecule has 0 saturated carbocycles. The van der Waals surface area contributed by atoms with Crippen molar-refractivity contribution in [2.45, 2.75) is 6.92 Å². The van der Waals surface area contributed by atoms with E-state index < -0.39 is 0 Å². The van der Waals surface area contributed by atoms with Crippen LogP contribution >= 0.6 is 23.4 Å². The summed E-state index contributed by atoms with van der Waals surface area (Å²) in [6.07, 6.45) is 0. The van der Waals surface area contributed by atoms with E-state index in [1.807, 2.05) is 19.1 Å². The van der Waals surface area contributed by atoms with E-state index in [0.717, 1.165) is 11.4 Å². The molecule has 0 atom stereocenters. The van der Waals surface area contributed by atoms with Gasteiger partial charge in [0.2, 0.25) is 5.17 Å². The van der Waals surface area contributed by atoms with Gasteiger partial charge in [-0.1, -0.05) is 30.3 Å². The number of hydrazine groups is 1. The minimum Gasteiger partial charge on any atom is -0.321 e. The van der Waals surface area contributed by atoms with Gasteiger partial charge >= 0.3 is 0 Å². The monoisotopic (exact) mass is 244 g/mol. The maximum absolute atomic E-state index is 5.84. The van der Waals surface area contributed by atoms with Crippen LogP contribution in [0.5, 0.6) is 0 Å². The maximum Gasteiger partial charge on any atom is 0.201 e. The molecule has 0 aliphatic rings. The standard InChI is InChI=1S/C9H13ClN4S/c1-2-15-9(13-11)14(12)8-5-3-7(10)4-6-8/h3-6H,2,11-12H2,1H3/b13-9+. The number of hydrogen-bond donors (Lipinski definition) is 2. The van der Waals surface area contributed by atoms with E-state index in [0.29, 0.717) is 10.2 Å². The first-order chi connectivity index (χ1) is 7.19. The lowest BCUT2D eigenvalue weighted by Crippen LogP contribution is -2.36. The number of thioether (sulfide) groups is 1. The Morgan fingerprint density at radius 1 is 1.47 bits per heavy atom. The van der Waals surface area contributed by atoms with E-state index >= 15 is 0 Å². The summed E-state index contributed by atoms with van der Waals surface area (Å²) >= 11 is 7.25. The van der Waals surface area contributed by atoms with E-state index in [9.17, 15) is 0 Å². The van der Waals surface area contributed by atoms with Gasteiger partial charge in [0, 0.05) is 5.02 Å². The van der Waals surface area contributed by atoms with Crippen molar-refractivity contribution in [2.75, 3.05) is 10.8 Å². The number of anilines is 1. The Morgan fingerprint density at radius 2 is 2.07 bits per heavy atom. The first-order valence-electron chi connectivity index (χ1n) is 4.40. The van der Waals surface area contributed by atoms with Gasteiger partial charge in [-0.3, -0.25) is 5.01 Å². The summed E-state index contributed by atoms with van der Waals surface area (Å²) in [5.41, 5.74) is 0.796.